The monoisotopic (exact) mass is 329 g/mol. The molecule has 0 saturated carbocycles. The Hall–Kier alpha value is -1.65. The van der Waals surface area contributed by atoms with E-state index in [1.165, 1.54) is 6.33 Å². The van der Waals surface area contributed by atoms with Crippen molar-refractivity contribution in [3.8, 4) is 0 Å². The number of hydrogen-bond acceptors (Lipinski definition) is 8. The van der Waals surface area contributed by atoms with E-state index in [9.17, 15) is 10.2 Å². The molecule has 0 radical (unpaired) electrons. The van der Waals surface area contributed by atoms with Gasteiger partial charge in [0.25, 0.3) is 0 Å². The second kappa shape index (κ2) is 5.52. The summed E-state index contributed by atoms with van der Waals surface area (Å²) >= 11 is 0. The Balaban J connectivity index is 0.00000144. The zero-order chi connectivity index (χ0) is 14.6. The van der Waals surface area contributed by atoms with E-state index in [0.717, 1.165) is 5.82 Å². The van der Waals surface area contributed by atoms with Crippen molar-refractivity contribution in [3.05, 3.63) is 29.6 Å². The van der Waals surface area contributed by atoms with E-state index in [-0.39, 0.29) is 19.0 Å². The van der Waals surface area contributed by atoms with Crippen molar-refractivity contribution < 1.29 is 20.1 Å². The number of aliphatic hydroxyl groups is 3. The fraction of sp³-hybridized carbons (Fsp3) is 0.500. The van der Waals surface area contributed by atoms with Gasteiger partial charge in [-0.15, -0.1) is 12.4 Å². The summed E-state index contributed by atoms with van der Waals surface area (Å²) < 4.78 is 7.10. The van der Waals surface area contributed by atoms with Crippen LogP contribution in [0.25, 0.3) is 5.82 Å². The molecule has 0 unspecified atom stereocenters. The first-order valence-corrected chi connectivity index (χ1v) is 6.64. The van der Waals surface area contributed by atoms with Crippen LogP contribution in [0.5, 0.6) is 0 Å². The Bertz CT molecular complexity index is 720. The lowest BCUT2D eigenvalue weighted by Crippen LogP contribution is -2.44. The molecule has 1 aromatic heterocycles. The molecule has 4 rings (SSSR count). The van der Waals surface area contributed by atoms with E-state index in [2.05, 4.69) is 15.3 Å². The van der Waals surface area contributed by atoms with Gasteiger partial charge in [-0.2, -0.15) is 0 Å². The summed E-state index contributed by atoms with van der Waals surface area (Å²) in [7, 11) is 0. The fourth-order valence-electron chi connectivity index (χ4n) is 2.80. The van der Waals surface area contributed by atoms with Gasteiger partial charge in [0.05, 0.1) is 12.9 Å². The number of aliphatic hydroxyl groups excluding tert-OH is 3. The molecular weight excluding hydrogens is 314 g/mol. The van der Waals surface area contributed by atoms with Crippen molar-refractivity contribution in [2.24, 2.45) is 4.99 Å². The first kappa shape index (κ1) is 15.3. The van der Waals surface area contributed by atoms with Crippen LogP contribution in [0.3, 0.4) is 0 Å². The number of ether oxygens (including phenoxy) is 1. The topological polar surface area (TPSA) is 115 Å². The van der Waals surface area contributed by atoms with Gasteiger partial charge >= 0.3 is 0 Å². The maximum Gasteiger partial charge on any atom is 0.165 e. The van der Waals surface area contributed by atoms with Gasteiger partial charge in [0.15, 0.2) is 11.7 Å². The van der Waals surface area contributed by atoms with E-state index < -0.39 is 24.5 Å². The van der Waals surface area contributed by atoms with Crippen molar-refractivity contribution in [2.75, 3.05) is 13.3 Å². The zero-order valence-corrected chi connectivity index (χ0v) is 12.2. The van der Waals surface area contributed by atoms with Crippen LogP contribution in [0.1, 0.15) is 6.23 Å². The molecule has 0 spiro atoms. The minimum atomic E-state index is -1.15. The highest BCUT2D eigenvalue weighted by Crippen LogP contribution is 2.27. The van der Waals surface area contributed by atoms with Gasteiger partial charge in [0.2, 0.25) is 0 Å². The van der Waals surface area contributed by atoms with Crippen LogP contribution in [0, 0.1) is 0 Å². The Kier molecular flexibility index (Phi) is 3.83. The summed E-state index contributed by atoms with van der Waals surface area (Å²) in [5, 5.41) is 32.9. The van der Waals surface area contributed by atoms with Crippen LogP contribution in [-0.2, 0) is 4.74 Å². The molecular formula is C12H16ClN5O4. The minimum Gasteiger partial charge on any atom is -0.394 e. The number of nitrogens with zero attached hydrogens (tertiary/aromatic N) is 4. The maximum atomic E-state index is 10.1. The Morgan fingerprint density at radius 2 is 2.18 bits per heavy atom. The predicted octanol–water partition coefficient (Wildman–Crippen LogP) is -3.05. The number of imidazole rings is 1. The minimum absolute atomic E-state index is 0. The van der Waals surface area contributed by atoms with Gasteiger partial charge in [0.1, 0.15) is 36.2 Å². The second-order valence-corrected chi connectivity index (χ2v) is 5.13. The maximum absolute atomic E-state index is 10.1. The van der Waals surface area contributed by atoms with Crippen molar-refractivity contribution in [3.63, 3.8) is 0 Å². The first-order valence-electron chi connectivity index (χ1n) is 6.64. The summed E-state index contributed by atoms with van der Waals surface area (Å²) in [4.78, 5) is 10.7. The molecule has 120 valence electrons. The molecule has 9 nitrogen and oxygen atoms in total. The summed E-state index contributed by atoms with van der Waals surface area (Å²) in [6.45, 7) is 0.0751. The van der Waals surface area contributed by atoms with E-state index in [0.29, 0.717) is 17.5 Å². The standard InChI is InChI=1S/C12H15N5O4.ClH/c18-3-6-8(19)9(20)12(21-6)17-5-14-7-10-13-1-2-16(10)4-15-11(7)17;/h1-2,5-6,8-9,12-13,18-20H,3-4H2;1H/t6-,8-,9-,12-;/m1./s1. The number of hydrogen-bond donors (Lipinski definition) is 4. The van der Waals surface area contributed by atoms with Gasteiger partial charge < -0.3 is 30.3 Å². The van der Waals surface area contributed by atoms with E-state index >= 15 is 0 Å². The van der Waals surface area contributed by atoms with E-state index in [1.54, 1.807) is 10.8 Å². The lowest BCUT2D eigenvalue weighted by Gasteiger charge is -2.19. The molecule has 22 heavy (non-hydrogen) atoms. The smallest absolute Gasteiger partial charge is 0.165 e. The van der Waals surface area contributed by atoms with Crippen LogP contribution in [0.4, 0.5) is 0 Å². The molecule has 0 bridgehead atoms. The van der Waals surface area contributed by atoms with E-state index in [4.69, 9.17) is 9.84 Å². The second-order valence-electron chi connectivity index (χ2n) is 5.13. The molecule has 0 amide bonds. The molecule has 1 saturated heterocycles. The summed E-state index contributed by atoms with van der Waals surface area (Å²) in [6, 6.07) is 0. The molecule has 0 aromatic carbocycles. The number of rotatable bonds is 2. The van der Waals surface area contributed by atoms with Crippen molar-refractivity contribution in [2.45, 2.75) is 24.5 Å². The lowest BCUT2D eigenvalue weighted by molar-refractivity contribution is -0.0546. The molecule has 10 heteroatoms. The third-order valence-electron chi connectivity index (χ3n) is 3.92. The highest BCUT2D eigenvalue weighted by atomic mass is 35.5. The number of fused-ring (bicyclic) bond motifs is 2. The van der Waals surface area contributed by atoms with Gasteiger partial charge in [0, 0.05) is 12.4 Å². The van der Waals surface area contributed by atoms with Gasteiger partial charge in [-0.3, -0.25) is 4.57 Å². The molecule has 1 aromatic rings. The Labute approximate surface area is 131 Å². The molecule has 3 aliphatic heterocycles. The third kappa shape index (κ3) is 2.02. The van der Waals surface area contributed by atoms with Crippen molar-refractivity contribution in [1.29, 1.82) is 0 Å². The molecule has 0 aliphatic carbocycles. The average molecular weight is 330 g/mol. The van der Waals surface area contributed by atoms with Gasteiger partial charge in [-0.25, -0.2) is 9.98 Å². The summed E-state index contributed by atoms with van der Waals surface area (Å²) in [5.74, 6) is 0.825. The van der Waals surface area contributed by atoms with Crippen LogP contribution < -0.4 is 16.2 Å². The predicted molar refractivity (Wildman–Crippen MR) is 75.7 cm³/mol. The SMILES string of the molecule is Cl.OC[C@H]1O[C@@H](n2cnc3c2=NCN2C=CNC=32)[C@H](O)[C@@H]1O. The van der Waals surface area contributed by atoms with Crippen molar-refractivity contribution >= 4 is 18.2 Å². The quantitative estimate of drug-likeness (QED) is 0.455. The van der Waals surface area contributed by atoms with Crippen LogP contribution >= 0.6 is 12.4 Å². The molecule has 4 heterocycles. The Morgan fingerprint density at radius 3 is 2.91 bits per heavy atom. The van der Waals surface area contributed by atoms with Crippen LogP contribution in [-0.4, -0.2) is 61.4 Å². The third-order valence-corrected chi connectivity index (χ3v) is 3.92. The zero-order valence-electron chi connectivity index (χ0n) is 11.4. The summed E-state index contributed by atoms with van der Waals surface area (Å²) in [6.07, 6.45) is 1.26. The van der Waals surface area contributed by atoms with Gasteiger partial charge in [-0.1, -0.05) is 0 Å². The lowest BCUT2D eigenvalue weighted by atomic mass is 10.1. The highest BCUT2D eigenvalue weighted by Gasteiger charge is 2.44. The number of nitrogens with one attached hydrogen (secondary N) is 1. The van der Waals surface area contributed by atoms with E-state index in [1.807, 2.05) is 11.1 Å². The number of halogens is 1. The fourth-order valence-corrected chi connectivity index (χ4v) is 2.80. The van der Waals surface area contributed by atoms with Crippen molar-refractivity contribution in [1.82, 2.24) is 19.8 Å². The molecule has 4 N–H and O–H groups in total. The summed E-state index contributed by atoms with van der Waals surface area (Å²) in [5.41, 5.74) is 0.576. The molecule has 3 aliphatic rings. The molecule has 4 atom stereocenters. The number of aromatic nitrogens is 2. The largest absolute Gasteiger partial charge is 0.394 e. The first-order chi connectivity index (χ1) is 10.2. The van der Waals surface area contributed by atoms with Crippen LogP contribution in [0.15, 0.2) is 23.7 Å². The molecule has 1 fully saturated rings. The normalized spacial score (nSPS) is 32.1. The van der Waals surface area contributed by atoms with Gasteiger partial charge in [-0.05, 0) is 0 Å². The van der Waals surface area contributed by atoms with Crippen LogP contribution in [0.2, 0.25) is 0 Å². The highest BCUT2D eigenvalue weighted by molar-refractivity contribution is 5.85. The average Bonchev–Trinajstić information content (AvgIpc) is 3.17. The Morgan fingerprint density at radius 1 is 1.36 bits per heavy atom.